The molecular weight excluding hydrogens is 991 g/mol. The van der Waals surface area contributed by atoms with Crippen molar-refractivity contribution < 1.29 is 58.7 Å². The monoisotopic (exact) mass is 1040 g/mol. The molecule has 2 aliphatic heterocycles. The first-order valence-electron chi connectivity index (χ1n) is 22.7. The number of nitrogens with two attached hydrogens (primary N) is 1. The smallest absolute Gasteiger partial charge is 0.316 e. The molecule has 2 unspecified atom stereocenters. The number of carboxylic acid groups (broad SMARTS) is 1. The average Bonchev–Trinajstić information content (AvgIpc) is 4.18. The van der Waals surface area contributed by atoms with Crippen molar-refractivity contribution in [1.29, 1.82) is 0 Å². The summed E-state index contributed by atoms with van der Waals surface area (Å²) in [6.07, 6.45) is 3.71. The molecule has 4 heterocycles. The molecule has 0 saturated carbocycles. The van der Waals surface area contributed by atoms with Gasteiger partial charge < -0.3 is 20.6 Å². The van der Waals surface area contributed by atoms with E-state index in [1.165, 1.54) is 78.7 Å². The first-order chi connectivity index (χ1) is 34.8. The van der Waals surface area contributed by atoms with E-state index in [4.69, 9.17) is 10.8 Å². The van der Waals surface area contributed by atoms with Gasteiger partial charge >= 0.3 is 5.97 Å². The van der Waals surface area contributed by atoms with Crippen LogP contribution in [0, 0.1) is 35.1 Å². The normalized spacial score (nSPS) is 15.8. The fraction of sp³-hybridized carbons (Fsp3) is 0.170. The number of anilines is 2. The lowest BCUT2D eigenvalue weighted by Gasteiger charge is -2.17. The molecule has 0 aliphatic carbocycles. The van der Waals surface area contributed by atoms with Crippen LogP contribution in [0.15, 0.2) is 168 Å². The number of carbonyl (C=O) groups is 4. The Hall–Kier alpha value is -7.94. The van der Waals surface area contributed by atoms with Gasteiger partial charge in [0.25, 0.3) is 20.0 Å². The fourth-order valence-electron chi connectivity index (χ4n) is 8.70. The van der Waals surface area contributed by atoms with Gasteiger partial charge in [0.15, 0.2) is 0 Å². The summed E-state index contributed by atoms with van der Waals surface area (Å²) in [7, 11) is -7.50. The maximum absolute atomic E-state index is 13.4. The maximum atomic E-state index is 13.4. The first kappa shape index (κ1) is 51.4. The zero-order valence-electron chi connectivity index (χ0n) is 38.5. The first-order valence-corrected chi connectivity index (χ1v) is 25.6. The summed E-state index contributed by atoms with van der Waals surface area (Å²) in [5.41, 5.74) is 8.09. The summed E-state index contributed by atoms with van der Waals surface area (Å²) in [5, 5.41) is 10.4. The largest absolute Gasteiger partial charge is 0.481 e. The van der Waals surface area contributed by atoms with Crippen LogP contribution in [0.5, 0.6) is 0 Å². The number of carbonyl (C=O) groups excluding carboxylic acids is 3. The molecular formula is C53H45F4N5O9S2. The number of rotatable bonds is 12. The van der Waals surface area contributed by atoms with Gasteiger partial charge in [-0.2, -0.15) is 0 Å². The molecule has 20 heteroatoms. The maximum Gasteiger partial charge on any atom is 0.316 e. The summed E-state index contributed by atoms with van der Waals surface area (Å²) >= 11 is 0. The number of aliphatic carboxylic acids is 1. The lowest BCUT2D eigenvalue weighted by molar-refractivity contribution is -0.145. The number of hydrogen-bond donors (Lipinski definition) is 2. The Morgan fingerprint density at radius 3 is 1.37 bits per heavy atom. The van der Waals surface area contributed by atoms with Crippen molar-refractivity contribution in [1.82, 2.24) is 7.94 Å². The van der Waals surface area contributed by atoms with Crippen LogP contribution in [-0.2, 0) is 52.2 Å². The third kappa shape index (κ3) is 11.1. The molecule has 14 nitrogen and oxygen atoms in total. The number of Topliss-reactive ketones (excluding diaryl/α,β-unsaturated/α-hetero) is 1. The minimum absolute atomic E-state index is 0.00632. The van der Waals surface area contributed by atoms with Crippen LogP contribution in [0.2, 0.25) is 0 Å². The molecule has 2 atom stereocenters. The quantitative estimate of drug-likeness (QED) is 0.0884. The molecule has 2 aliphatic rings. The van der Waals surface area contributed by atoms with E-state index in [-0.39, 0.29) is 47.3 Å². The Labute approximate surface area is 416 Å². The number of benzene rings is 6. The number of carboxylic acids is 1. The summed E-state index contributed by atoms with van der Waals surface area (Å²) in [6, 6.07) is 36.0. The van der Waals surface area contributed by atoms with Crippen molar-refractivity contribution in [3.63, 3.8) is 0 Å². The van der Waals surface area contributed by atoms with Crippen LogP contribution in [-0.4, -0.2) is 66.5 Å². The Balaban J connectivity index is 0.000000168. The van der Waals surface area contributed by atoms with E-state index in [1.807, 2.05) is 0 Å². The van der Waals surface area contributed by atoms with Crippen LogP contribution < -0.4 is 15.5 Å². The van der Waals surface area contributed by atoms with Crippen molar-refractivity contribution in [2.75, 3.05) is 22.9 Å². The molecule has 3 N–H and O–H groups in total. The Morgan fingerprint density at radius 2 is 0.959 bits per heavy atom. The van der Waals surface area contributed by atoms with Crippen LogP contribution in [0.1, 0.15) is 30.4 Å². The molecule has 2 fully saturated rings. The van der Waals surface area contributed by atoms with E-state index in [1.54, 1.807) is 84.9 Å². The molecule has 376 valence electrons. The second kappa shape index (κ2) is 21.4. The number of aromatic nitrogens is 2. The van der Waals surface area contributed by atoms with Crippen LogP contribution in [0.4, 0.5) is 28.9 Å². The van der Waals surface area contributed by atoms with E-state index in [2.05, 4.69) is 0 Å². The van der Waals surface area contributed by atoms with Crippen molar-refractivity contribution >= 4 is 76.8 Å². The lowest BCUT2D eigenvalue weighted by Crippen LogP contribution is -2.30. The molecule has 2 amide bonds. The highest BCUT2D eigenvalue weighted by Gasteiger charge is 2.39. The Kier molecular flexibility index (Phi) is 15.1. The van der Waals surface area contributed by atoms with Crippen molar-refractivity contribution in [2.45, 2.75) is 42.0 Å². The van der Waals surface area contributed by atoms with Gasteiger partial charge in [-0.05, 0) is 127 Å². The van der Waals surface area contributed by atoms with Gasteiger partial charge in [-0.3, -0.25) is 19.2 Å². The Bertz CT molecular complexity index is 3590. The summed E-state index contributed by atoms with van der Waals surface area (Å²) in [4.78, 5) is 52.5. The molecule has 8 aromatic rings. The molecule has 0 spiro atoms. The topological polar surface area (TPSA) is 199 Å². The molecule has 73 heavy (non-hydrogen) atoms. The van der Waals surface area contributed by atoms with Crippen LogP contribution in [0.3, 0.4) is 0 Å². The summed E-state index contributed by atoms with van der Waals surface area (Å²) in [6.45, 7) is 0.831. The van der Waals surface area contributed by atoms with Crippen molar-refractivity contribution in [3.8, 4) is 0 Å². The van der Waals surface area contributed by atoms with Crippen molar-refractivity contribution in [2.24, 2.45) is 17.6 Å². The zero-order chi connectivity index (χ0) is 52.2. The van der Waals surface area contributed by atoms with E-state index < -0.39 is 67.0 Å². The molecule has 10 rings (SSSR count). The third-order valence-electron chi connectivity index (χ3n) is 12.3. The van der Waals surface area contributed by atoms with Gasteiger partial charge in [0.05, 0.1) is 26.7 Å². The number of hydrogen-bond acceptors (Lipinski definition) is 9. The highest BCUT2D eigenvalue weighted by Crippen LogP contribution is 2.33. The van der Waals surface area contributed by atoms with Gasteiger partial charge in [-0.15, -0.1) is 0 Å². The predicted octanol–water partition coefficient (Wildman–Crippen LogP) is 8.45. The van der Waals surface area contributed by atoms with Crippen LogP contribution >= 0.6 is 0 Å². The third-order valence-corrected chi connectivity index (χ3v) is 15.7. The SMILES string of the molecule is NCc1cc(F)cc(F)c1.O=C(CCc1cc(F)cc(F)c1)C1CCN(c2ccc3c(ccn3S(=O)(=O)c3ccccc3)c2)C1=O.O=C(O)C1CCN(c2ccc3c(ccn3S(=O)(=O)c3ccccc3)c2)C1=O. The highest BCUT2D eigenvalue weighted by molar-refractivity contribution is 7.90. The minimum atomic E-state index is -3.78. The Morgan fingerprint density at radius 1 is 0.548 bits per heavy atom. The van der Waals surface area contributed by atoms with E-state index in [0.717, 1.165) is 12.1 Å². The standard InChI is InChI=1S/C27H22F2N2O4S.C19H16N2O5S.C7H7F2N/c28-20-14-18(15-21(29)17-20)6-9-26(32)24-11-12-30(27(24)33)22-7-8-25-19(16-22)10-13-31(25)36(34,35)23-4-2-1-3-5-23;22-18-16(19(23)24)9-10-20(18)14-6-7-17-13(12-14)8-11-21(17)27(25,26)15-4-2-1-3-5-15;8-6-1-5(4-10)2-7(9)3-6/h1-5,7-8,10,13-17,24H,6,9,11-12H2;1-8,11-12,16H,9-10H2,(H,23,24);1-3H,4,10H2. The number of fused-ring (bicyclic) bond motifs is 2. The van der Waals surface area contributed by atoms with Gasteiger partial charge in [-0.1, -0.05) is 36.4 Å². The summed E-state index contributed by atoms with van der Waals surface area (Å²) < 4.78 is 106. The van der Waals surface area contributed by atoms with Gasteiger partial charge in [0.1, 0.15) is 35.0 Å². The van der Waals surface area contributed by atoms with E-state index in [9.17, 15) is 53.6 Å². The highest BCUT2D eigenvalue weighted by atomic mass is 32.2. The fourth-order valence-corrected chi connectivity index (χ4v) is 11.5. The number of nitrogens with zero attached hydrogens (tertiary/aromatic N) is 4. The van der Waals surface area contributed by atoms with Gasteiger partial charge in [0.2, 0.25) is 11.8 Å². The predicted molar refractivity (Wildman–Crippen MR) is 264 cm³/mol. The van der Waals surface area contributed by atoms with Gasteiger partial charge in [0, 0.05) is 72.7 Å². The minimum Gasteiger partial charge on any atom is -0.481 e. The number of ketones is 1. The molecule has 2 saturated heterocycles. The molecule has 0 bridgehead atoms. The second-order valence-electron chi connectivity index (χ2n) is 17.1. The van der Waals surface area contributed by atoms with Crippen molar-refractivity contribution in [3.05, 3.63) is 192 Å². The lowest BCUT2D eigenvalue weighted by atomic mass is 9.96. The average molecular weight is 1040 g/mol. The van der Waals surface area contributed by atoms with E-state index in [0.29, 0.717) is 63.8 Å². The number of aryl methyl sites for hydroxylation is 1. The number of halogens is 4. The second-order valence-corrected chi connectivity index (χ2v) is 20.7. The molecule has 2 aromatic heterocycles. The molecule has 0 radical (unpaired) electrons. The number of amides is 2. The summed E-state index contributed by atoms with van der Waals surface area (Å²) in [5.74, 6) is -6.59. The zero-order valence-corrected chi connectivity index (χ0v) is 40.2. The van der Waals surface area contributed by atoms with Crippen LogP contribution in [0.25, 0.3) is 21.8 Å². The van der Waals surface area contributed by atoms with E-state index >= 15 is 0 Å². The van der Waals surface area contributed by atoms with Gasteiger partial charge in [-0.25, -0.2) is 42.3 Å². The molecule has 6 aromatic carbocycles.